The summed E-state index contributed by atoms with van der Waals surface area (Å²) in [6.07, 6.45) is 1.58. The Labute approximate surface area is 143 Å². The molecule has 3 heterocycles. The van der Waals surface area contributed by atoms with Crippen LogP contribution < -0.4 is 5.32 Å². The topological polar surface area (TPSA) is 81.2 Å². The molecule has 1 N–H and O–H groups in total. The molecule has 1 amide bonds. The summed E-state index contributed by atoms with van der Waals surface area (Å²) in [4.78, 5) is 17.3. The number of hydrogen-bond donors (Lipinski definition) is 1. The van der Waals surface area contributed by atoms with E-state index in [9.17, 15) is 4.79 Å². The third-order valence-corrected chi connectivity index (χ3v) is 3.84. The number of nitrogens with one attached hydrogen (secondary N) is 1. The monoisotopic (exact) mass is 333 g/mol. The van der Waals surface area contributed by atoms with Gasteiger partial charge >= 0.3 is 0 Å². The van der Waals surface area contributed by atoms with Gasteiger partial charge in [0.25, 0.3) is 5.91 Å². The number of furan rings is 1. The Bertz CT molecular complexity index is 1040. The van der Waals surface area contributed by atoms with Gasteiger partial charge in [-0.05, 0) is 31.2 Å². The summed E-state index contributed by atoms with van der Waals surface area (Å²) >= 11 is 0. The maximum absolute atomic E-state index is 12.7. The predicted octanol–water partition coefficient (Wildman–Crippen LogP) is 3.72. The number of benzene rings is 1. The number of carbonyl (C=O) groups excluding carboxylic acids is 1. The lowest BCUT2D eigenvalue weighted by Crippen LogP contribution is -2.23. The SMILES string of the molecule is Cc1cc(CNC(=O)c2cc(-c3ccco3)nc3ccccc23)no1. The van der Waals surface area contributed by atoms with Crippen LogP contribution in [0.5, 0.6) is 0 Å². The molecule has 0 aliphatic heterocycles. The molecule has 124 valence electrons. The van der Waals surface area contributed by atoms with Crippen molar-refractivity contribution in [3.63, 3.8) is 0 Å². The fourth-order valence-corrected chi connectivity index (χ4v) is 2.68. The van der Waals surface area contributed by atoms with Gasteiger partial charge in [-0.2, -0.15) is 0 Å². The second kappa shape index (κ2) is 6.24. The zero-order chi connectivity index (χ0) is 17.2. The summed E-state index contributed by atoms with van der Waals surface area (Å²) in [5.41, 5.74) is 2.57. The molecule has 0 saturated heterocycles. The van der Waals surface area contributed by atoms with Gasteiger partial charge in [-0.25, -0.2) is 4.98 Å². The summed E-state index contributed by atoms with van der Waals surface area (Å²) in [7, 11) is 0. The minimum absolute atomic E-state index is 0.202. The standard InChI is InChI=1S/C19H15N3O3/c1-12-9-13(22-25-12)11-20-19(23)15-10-17(18-7-4-8-24-18)21-16-6-3-2-5-14(15)16/h2-10H,11H2,1H3,(H,20,23). The summed E-state index contributed by atoms with van der Waals surface area (Å²) in [5.74, 6) is 1.12. The summed E-state index contributed by atoms with van der Waals surface area (Å²) in [6, 6.07) is 14.7. The van der Waals surface area contributed by atoms with Crippen LogP contribution in [0.3, 0.4) is 0 Å². The largest absolute Gasteiger partial charge is 0.463 e. The molecule has 0 saturated carbocycles. The zero-order valence-corrected chi connectivity index (χ0v) is 13.5. The van der Waals surface area contributed by atoms with E-state index in [1.165, 1.54) is 0 Å². The number of pyridine rings is 1. The van der Waals surface area contributed by atoms with Gasteiger partial charge in [0.15, 0.2) is 5.76 Å². The lowest BCUT2D eigenvalue weighted by molar-refractivity contribution is 0.0951. The first-order valence-electron chi connectivity index (χ1n) is 7.85. The summed E-state index contributed by atoms with van der Waals surface area (Å²) < 4.78 is 10.4. The molecular weight excluding hydrogens is 318 g/mol. The van der Waals surface area contributed by atoms with Crippen molar-refractivity contribution in [3.05, 3.63) is 71.8 Å². The first-order chi connectivity index (χ1) is 12.2. The van der Waals surface area contributed by atoms with E-state index >= 15 is 0 Å². The number of rotatable bonds is 4. The van der Waals surface area contributed by atoms with Crippen LogP contribution in [0.25, 0.3) is 22.4 Å². The normalized spacial score (nSPS) is 10.9. The highest BCUT2D eigenvalue weighted by atomic mass is 16.5. The van der Waals surface area contributed by atoms with Crippen LogP contribution in [0, 0.1) is 6.92 Å². The van der Waals surface area contributed by atoms with Crippen LogP contribution in [0.2, 0.25) is 0 Å². The zero-order valence-electron chi connectivity index (χ0n) is 13.5. The highest BCUT2D eigenvalue weighted by Crippen LogP contribution is 2.25. The van der Waals surface area contributed by atoms with Crippen molar-refractivity contribution in [2.45, 2.75) is 13.5 Å². The molecule has 0 fully saturated rings. The molecule has 3 aromatic heterocycles. The van der Waals surface area contributed by atoms with Gasteiger partial charge in [-0.3, -0.25) is 4.79 Å². The molecule has 0 unspecified atom stereocenters. The Morgan fingerprint density at radius 3 is 2.80 bits per heavy atom. The number of carbonyl (C=O) groups is 1. The third kappa shape index (κ3) is 3.01. The third-order valence-electron chi connectivity index (χ3n) is 3.84. The van der Waals surface area contributed by atoms with Gasteiger partial charge in [0, 0.05) is 11.5 Å². The fraction of sp³-hybridized carbons (Fsp3) is 0.105. The van der Waals surface area contributed by atoms with E-state index in [-0.39, 0.29) is 5.91 Å². The summed E-state index contributed by atoms with van der Waals surface area (Å²) in [5, 5.41) is 7.54. The molecule has 0 radical (unpaired) electrons. The molecule has 0 aliphatic rings. The Morgan fingerprint density at radius 1 is 1.16 bits per heavy atom. The Morgan fingerprint density at radius 2 is 2.04 bits per heavy atom. The second-order valence-electron chi connectivity index (χ2n) is 5.66. The van der Waals surface area contributed by atoms with Crippen LogP contribution in [-0.2, 0) is 6.54 Å². The highest BCUT2D eigenvalue weighted by molar-refractivity contribution is 6.07. The van der Waals surface area contributed by atoms with E-state index in [2.05, 4.69) is 15.5 Å². The predicted molar refractivity (Wildman–Crippen MR) is 91.9 cm³/mol. The number of para-hydroxylation sites is 1. The van der Waals surface area contributed by atoms with E-state index in [0.29, 0.717) is 35.0 Å². The minimum atomic E-state index is -0.202. The van der Waals surface area contributed by atoms with Gasteiger partial charge in [0.1, 0.15) is 17.1 Å². The maximum atomic E-state index is 12.7. The fourth-order valence-electron chi connectivity index (χ4n) is 2.68. The van der Waals surface area contributed by atoms with Crippen LogP contribution in [0.15, 0.2) is 63.7 Å². The first kappa shape index (κ1) is 15.1. The van der Waals surface area contributed by atoms with Gasteiger partial charge < -0.3 is 14.3 Å². The number of amides is 1. The van der Waals surface area contributed by atoms with Crippen molar-refractivity contribution >= 4 is 16.8 Å². The van der Waals surface area contributed by atoms with Gasteiger partial charge in [-0.15, -0.1) is 0 Å². The number of hydrogen-bond acceptors (Lipinski definition) is 5. The molecule has 6 nitrogen and oxygen atoms in total. The van der Waals surface area contributed by atoms with Crippen molar-refractivity contribution < 1.29 is 13.7 Å². The molecule has 4 rings (SSSR count). The quantitative estimate of drug-likeness (QED) is 0.615. The molecule has 6 heteroatoms. The molecule has 4 aromatic rings. The molecule has 0 atom stereocenters. The summed E-state index contributed by atoms with van der Waals surface area (Å²) in [6.45, 7) is 2.10. The van der Waals surface area contributed by atoms with Gasteiger partial charge in [-0.1, -0.05) is 23.4 Å². The molecule has 0 spiro atoms. The average Bonchev–Trinajstić information content (AvgIpc) is 3.30. The second-order valence-corrected chi connectivity index (χ2v) is 5.66. The lowest BCUT2D eigenvalue weighted by atomic mass is 10.1. The van der Waals surface area contributed by atoms with Crippen LogP contribution in [0.4, 0.5) is 0 Å². The molecule has 1 aromatic carbocycles. The van der Waals surface area contributed by atoms with Gasteiger partial charge in [0.05, 0.1) is 23.9 Å². The lowest BCUT2D eigenvalue weighted by Gasteiger charge is -2.09. The number of fused-ring (bicyclic) bond motifs is 1. The Kier molecular flexibility index (Phi) is 3.78. The molecule has 25 heavy (non-hydrogen) atoms. The number of aryl methyl sites for hydroxylation is 1. The van der Waals surface area contributed by atoms with Crippen molar-refractivity contribution in [3.8, 4) is 11.5 Å². The van der Waals surface area contributed by atoms with E-state index in [1.807, 2.05) is 37.3 Å². The number of aromatic nitrogens is 2. The minimum Gasteiger partial charge on any atom is -0.463 e. The van der Waals surface area contributed by atoms with Crippen molar-refractivity contribution in [2.24, 2.45) is 0 Å². The van der Waals surface area contributed by atoms with Gasteiger partial charge in [0.2, 0.25) is 0 Å². The van der Waals surface area contributed by atoms with E-state index < -0.39 is 0 Å². The van der Waals surface area contributed by atoms with E-state index in [4.69, 9.17) is 8.94 Å². The molecule has 0 bridgehead atoms. The maximum Gasteiger partial charge on any atom is 0.252 e. The van der Waals surface area contributed by atoms with Crippen molar-refractivity contribution in [1.29, 1.82) is 0 Å². The molecular formula is C19H15N3O3. The van der Waals surface area contributed by atoms with Crippen LogP contribution in [-0.4, -0.2) is 16.0 Å². The van der Waals surface area contributed by atoms with Crippen LogP contribution >= 0.6 is 0 Å². The van der Waals surface area contributed by atoms with E-state index in [1.54, 1.807) is 24.5 Å². The van der Waals surface area contributed by atoms with Crippen molar-refractivity contribution in [2.75, 3.05) is 0 Å². The van der Waals surface area contributed by atoms with Crippen LogP contribution in [0.1, 0.15) is 21.8 Å². The smallest absolute Gasteiger partial charge is 0.252 e. The van der Waals surface area contributed by atoms with E-state index in [0.717, 1.165) is 10.9 Å². The molecule has 0 aliphatic carbocycles. The number of nitrogens with zero attached hydrogens (tertiary/aromatic N) is 2. The average molecular weight is 333 g/mol. The highest BCUT2D eigenvalue weighted by Gasteiger charge is 2.15. The first-order valence-corrected chi connectivity index (χ1v) is 7.85. The Hall–Kier alpha value is -3.41. The Balaban J connectivity index is 1.70. The van der Waals surface area contributed by atoms with Crippen molar-refractivity contribution in [1.82, 2.24) is 15.5 Å².